The number of imidazole rings is 2. The summed E-state index contributed by atoms with van der Waals surface area (Å²) in [4.78, 5) is 72.5. The Morgan fingerprint density at radius 2 is 1.34 bits per heavy atom. The lowest BCUT2D eigenvalue weighted by Gasteiger charge is -2.42. The lowest BCUT2D eigenvalue weighted by Crippen LogP contribution is -2.54. The second-order valence-electron chi connectivity index (χ2n) is 17.6. The van der Waals surface area contributed by atoms with Crippen LogP contribution in [0.3, 0.4) is 0 Å². The zero-order chi connectivity index (χ0) is 43.7. The summed E-state index contributed by atoms with van der Waals surface area (Å²) in [5.74, 6) is 1.18. The standard InChI is InChI=1S/C48H58N8O6/c1-7-35-10-9-11-39(56(35)44(57)36(8-2)53-46(59)61-5)42-49-25-37(51-42)30-14-12-29(13-15-30)31-16-17-33-23-34(19-18-32(33)22-31)38-26-50-43(52-38)40-24-48(20-21-48)27-55(40)45(58)41(28(3)4)54-47(60)62-6/h12-19,22-23,25-26,28,35-36,39-41H,7-11,20-21,24,27H2,1-6H3,(H,49,51)(H,50,52)(H,53,59)(H,54,60)/t35?,36-,39-,40-,41-/m0/s1. The largest absolute Gasteiger partial charge is 0.453 e. The molecule has 1 saturated carbocycles. The van der Waals surface area contributed by atoms with Crippen LogP contribution >= 0.6 is 0 Å². The van der Waals surface area contributed by atoms with Crippen molar-refractivity contribution in [3.8, 4) is 33.6 Å². The number of carbonyl (C=O) groups excluding carboxylic acids is 4. The van der Waals surface area contributed by atoms with Crippen molar-refractivity contribution in [2.75, 3.05) is 20.8 Å². The van der Waals surface area contributed by atoms with Crippen LogP contribution in [0.15, 0.2) is 73.1 Å². The highest BCUT2D eigenvalue weighted by Gasteiger charge is 2.55. The Kier molecular flexibility index (Phi) is 12.1. The molecule has 326 valence electrons. The van der Waals surface area contributed by atoms with Crippen molar-refractivity contribution < 1.29 is 28.7 Å². The van der Waals surface area contributed by atoms with E-state index < -0.39 is 24.3 Å². The molecule has 1 spiro atoms. The molecular formula is C48H58N8O6. The summed E-state index contributed by atoms with van der Waals surface area (Å²) in [6.07, 6.45) is 9.43. The van der Waals surface area contributed by atoms with Crippen molar-refractivity contribution in [1.29, 1.82) is 0 Å². The summed E-state index contributed by atoms with van der Waals surface area (Å²) >= 11 is 0. The molecule has 2 aromatic heterocycles. The van der Waals surface area contributed by atoms with E-state index in [1.165, 1.54) is 14.2 Å². The first-order chi connectivity index (χ1) is 29.9. The van der Waals surface area contributed by atoms with Crippen LogP contribution < -0.4 is 10.6 Å². The van der Waals surface area contributed by atoms with Gasteiger partial charge in [0, 0.05) is 18.2 Å². The zero-order valence-corrected chi connectivity index (χ0v) is 36.5. The number of ether oxygens (including phenoxy) is 2. The summed E-state index contributed by atoms with van der Waals surface area (Å²) in [5, 5.41) is 7.68. The smallest absolute Gasteiger partial charge is 0.407 e. The second kappa shape index (κ2) is 17.7. The fourth-order valence-corrected chi connectivity index (χ4v) is 9.49. The van der Waals surface area contributed by atoms with E-state index in [0.717, 1.165) is 101 Å². The molecule has 1 unspecified atom stereocenters. The molecule has 0 bridgehead atoms. The van der Waals surface area contributed by atoms with Crippen molar-refractivity contribution in [1.82, 2.24) is 40.4 Å². The normalized spacial score (nSPS) is 20.3. The fraction of sp³-hybridized carbons (Fsp3) is 0.458. The van der Waals surface area contributed by atoms with E-state index in [2.05, 4.69) is 88.2 Å². The van der Waals surface area contributed by atoms with Crippen molar-refractivity contribution in [2.45, 2.75) is 109 Å². The molecule has 3 aromatic carbocycles. The van der Waals surface area contributed by atoms with Gasteiger partial charge in [0.2, 0.25) is 11.8 Å². The van der Waals surface area contributed by atoms with Crippen molar-refractivity contribution >= 4 is 34.8 Å². The molecule has 14 nitrogen and oxygen atoms in total. The molecule has 8 rings (SSSR count). The summed E-state index contributed by atoms with van der Waals surface area (Å²) < 4.78 is 9.62. The van der Waals surface area contributed by atoms with Crippen LogP contribution in [0.4, 0.5) is 9.59 Å². The molecular weight excluding hydrogens is 785 g/mol. The van der Waals surface area contributed by atoms with Gasteiger partial charge in [-0.1, -0.05) is 76.2 Å². The van der Waals surface area contributed by atoms with E-state index in [-0.39, 0.29) is 41.3 Å². The van der Waals surface area contributed by atoms with Gasteiger partial charge >= 0.3 is 12.2 Å². The average molecular weight is 843 g/mol. The van der Waals surface area contributed by atoms with Crippen molar-refractivity contribution in [3.63, 3.8) is 0 Å². The minimum atomic E-state index is -0.688. The number of rotatable bonds is 12. The number of likely N-dealkylation sites (tertiary alicyclic amines) is 2. The highest BCUT2D eigenvalue weighted by molar-refractivity contribution is 5.91. The molecule has 14 heteroatoms. The SMILES string of the molecule is CCC1CCC[C@@H](c2ncc(-c3ccc(-c4ccc5cc(-c6cnc([C@@H]7CC8(CC8)CN7C(=O)[C@@H](NC(=O)OC)C(C)C)[nH]6)ccc5c4)cc3)[nH]2)N1C(=O)[C@H](CC)NC(=O)OC. The maximum absolute atomic E-state index is 13.9. The number of benzene rings is 3. The number of nitrogens with zero attached hydrogens (tertiary/aromatic N) is 4. The Labute approximate surface area is 362 Å². The van der Waals surface area contributed by atoms with Crippen molar-refractivity contribution in [3.05, 3.63) is 84.7 Å². The van der Waals surface area contributed by atoms with Crippen LogP contribution in [0.25, 0.3) is 44.4 Å². The third-order valence-corrected chi connectivity index (χ3v) is 13.3. The maximum atomic E-state index is 13.9. The van der Waals surface area contributed by atoms with Gasteiger partial charge < -0.3 is 39.9 Å². The molecule has 1 aliphatic carbocycles. The molecule has 4 N–H and O–H groups in total. The van der Waals surface area contributed by atoms with E-state index in [9.17, 15) is 19.2 Å². The number of aromatic amines is 2. The molecule has 4 heterocycles. The first-order valence-electron chi connectivity index (χ1n) is 22.0. The molecule has 2 aliphatic heterocycles. The Hall–Kier alpha value is -6.18. The van der Waals surface area contributed by atoms with Crippen LogP contribution in [0, 0.1) is 11.3 Å². The quantitative estimate of drug-likeness (QED) is 0.0965. The molecule has 3 fully saturated rings. The number of methoxy groups -OCH3 is 2. The molecule has 5 aromatic rings. The fourth-order valence-electron chi connectivity index (χ4n) is 9.49. The molecule has 3 aliphatic rings. The first-order valence-corrected chi connectivity index (χ1v) is 22.0. The van der Waals surface area contributed by atoms with Gasteiger partial charge in [0.25, 0.3) is 0 Å². The van der Waals surface area contributed by atoms with Crippen LogP contribution in [-0.4, -0.2) is 92.6 Å². The Bertz CT molecular complexity index is 2440. The molecule has 0 radical (unpaired) electrons. The van der Waals surface area contributed by atoms with Gasteiger partial charge in [-0.25, -0.2) is 19.6 Å². The summed E-state index contributed by atoms with van der Waals surface area (Å²) in [6.45, 7) is 8.49. The monoisotopic (exact) mass is 842 g/mol. The molecule has 62 heavy (non-hydrogen) atoms. The Balaban J connectivity index is 0.965. The third kappa shape index (κ3) is 8.51. The Morgan fingerprint density at radius 1 is 0.758 bits per heavy atom. The number of nitrogens with one attached hydrogen (secondary N) is 4. The minimum Gasteiger partial charge on any atom is -0.453 e. The van der Waals surface area contributed by atoms with Crippen LogP contribution in [0.1, 0.15) is 103 Å². The first kappa shape index (κ1) is 42.5. The van der Waals surface area contributed by atoms with Gasteiger partial charge in [-0.15, -0.1) is 0 Å². The van der Waals surface area contributed by atoms with Crippen LogP contribution in [0.2, 0.25) is 0 Å². The van der Waals surface area contributed by atoms with E-state index in [4.69, 9.17) is 19.4 Å². The topological polar surface area (TPSA) is 175 Å². The Morgan fingerprint density at radius 3 is 1.95 bits per heavy atom. The van der Waals surface area contributed by atoms with Gasteiger partial charge in [-0.3, -0.25) is 9.59 Å². The molecule has 4 amide bonds. The van der Waals surface area contributed by atoms with E-state index in [1.54, 1.807) is 0 Å². The van der Waals surface area contributed by atoms with Gasteiger partial charge in [0.15, 0.2) is 0 Å². The number of fused-ring (bicyclic) bond motifs is 1. The number of carbonyl (C=O) groups is 4. The third-order valence-electron chi connectivity index (χ3n) is 13.3. The second-order valence-corrected chi connectivity index (χ2v) is 17.6. The lowest BCUT2D eigenvalue weighted by molar-refractivity contribution is -0.141. The lowest BCUT2D eigenvalue weighted by atomic mass is 9.92. The van der Waals surface area contributed by atoms with Gasteiger partial charge in [-0.05, 0) is 102 Å². The number of aromatic nitrogens is 4. The molecule has 2 saturated heterocycles. The van der Waals surface area contributed by atoms with Gasteiger partial charge in [0.1, 0.15) is 23.7 Å². The number of alkyl carbamates (subject to hydrolysis) is 2. The van der Waals surface area contributed by atoms with Crippen molar-refractivity contribution in [2.24, 2.45) is 11.3 Å². The highest BCUT2D eigenvalue weighted by atomic mass is 16.5. The summed E-state index contributed by atoms with van der Waals surface area (Å²) in [7, 11) is 2.61. The highest BCUT2D eigenvalue weighted by Crippen LogP contribution is 2.58. The maximum Gasteiger partial charge on any atom is 0.407 e. The summed E-state index contributed by atoms with van der Waals surface area (Å²) in [5.41, 5.74) is 6.06. The number of hydrogen-bond donors (Lipinski definition) is 4. The number of hydrogen-bond acceptors (Lipinski definition) is 8. The van der Waals surface area contributed by atoms with Crippen LogP contribution in [0.5, 0.6) is 0 Å². The van der Waals surface area contributed by atoms with Gasteiger partial charge in [-0.2, -0.15) is 0 Å². The number of amides is 4. The summed E-state index contributed by atoms with van der Waals surface area (Å²) in [6, 6.07) is 19.5. The average Bonchev–Trinajstić information content (AvgIpc) is 3.62. The minimum absolute atomic E-state index is 0.0545. The number of H-pyrrole nitrogens is 2. The van der Waals surface area contributed by atoms with E-state index in [0.29, 0.717) is 13.0 Å². The number of piperidine rings is 1. The predicted molar refractivity (Wildman–Crippen MR) is 237 cm³/mol. The van der Waals surface area contributed by atoms with Crippen LogP contribution in [-0.2, 0) is 19.1 Å². The predicted octanol–water partition coefficient (Wildman–Crippen LogP) is 8.69. The van der Waals surface area contributed by atoms with E-state index >= 15 is 0 Å². The zero-order valence-electron chi connectivity index (χ0n) is 36.5. The van der Waals surface area contributed by atoms with Gasteiger partial charge in [0.05, 0.1) is 50.1 Å². The van der Waals surface area contributed by atoms with E-state index in [1.807, 2.05) is 43.0 Å². The molecule has 5 atom stereocenters.